The second-order valence-electron chi connectivity index (χ2n) is 6.53. The molecule has 1 aromatic carbocycles. The van der Waals surface area contributed by atoms with Crippen LogP contribution in [0.15, 0.2) is 6.08 Å². The highest BCUT2D eigenvalue weighted by Gasteiger charge is 3.06. The molecule has 188 valence electrons. The van der Waals surface area contributed by atoms with E-state index in [1.807, 2.05) is 4.85 Å². The van der Waals surface area contributed by atoms with Gasteiger partial charge in [-0.25, -0.2) is 22.4 Å². The maximum atomic E-state index is 14.0. The molecule has 1 fully saturated rings. The number of ketones is 1. The number of alkyl halides is 11. The van der Waals surface area contributed by atoms with E-state index >= 15 is 0 Å². The highest BCUT2D eigenvalue weighted by molar-refractivity contribution is 6.02. The Bertz CT molecular complexity index is 1090. The first-order chi connectivity index (χ1) is 15.0. The summed E-state index contributed by atoms with van der Waals surface area (Å²) in [7, 11) is 0. The van der Waals surface area contributed by atoms with Gasteiger partial charge in [0.25, 0.3) is 11.1 Å². The zero-order chi connectivity index (χ0) is 27.0. The lowest BCUT2D eigenvalue weighted by Gasteiger charge is -2.37. The molecule has 0 unspecified atom stereocenters. The number of carbonyl (C=O) groups is 1. The molecule has 0 atom stereocenters. The molecule has 1 aliphatic carbocycles. The largest absolute Gasteiger partial charge is 0.507 e. The van der Waals surface area contributed by atoms with E-state index in [1.54, 1.807) is 0 Å². The molecule has 0 aromatic heterocycles. The minimum atomic E-state index is -7.65. The van der Waals surface area contributed by atoms with Crippen LogP contribution in [0.1, 0.15) is 5.56 Å². The highest BCUT2D eigenvalue weighted by atomic mass is 19.4. The molecule has 0 spiro atoms. The first-order valence-electron chi connectivity index (χ1n) is 7.79. The van der Waals surface area contributed by atoms with Crippen molar-refractivity contribution in [1.29, 1.82) is 0 Å². The van der Waals surface area contributed by atoms with E-state index in [9.17, 15) is 75.8 Å². The molecule has 0 amide bonds. The number of aliphatic hydroxyl groups is 1. The Balaban J connectivity index is 2.95. The van der Waals surface area contributed by atoms with Gasteiger partial charge in [-0.1, -0.05) is 0 Å². The van der Waals surface area contributed by atoms with E-state index in [0.717, 1.165) is 0 Å². The molecule has 0 bridgehead atoms. The molecule has 1 aromatic rings. The number of hydrogen-bond acceptors (Lipinski definition) is 2. The molecule has 3 nitrogen and oxygen atoms in total. The van der Waals surface area contributed by atoms with Gasteiger partial charge in [0.15, 0.2) is 29.1 Å². The Morgan fingerprint density at radius 2 is 1.12 bits per heavy atom. The minimum absolute atomic E-state index is 1.66. The SMILES string of the molecule is [C-]#[N+]c1c(F)c(F)c(/C(O)=C/C(=O)C2(C(F)(F)F)C(F)(F)C(F)(F)C(F)(F)C2(F)F)c(F)c1F. The predicted molar refractivity (Wildman–Crippen MR) is 76.4 cm³/mol. The fourth-order valence-electron chi connectivity index (χ4n) is 3.12. The summed E-state index contributed by atoms with van der Waals surface area (Å²) in [6.45, 7) is 6.33. The van der Waals surface area contributed by atoms with Gasteiger partial charge < -0.3 is 5.11 Å². The van der Waals surface area contributed by atoms with E-state index in [-0.39, 0.29) is 0 Å². The summed E-state index contributed by atoms with van der Waals surface area (Å²) in [5.74, 6) is -48.6. The van der Waals surface area contributed by atoms with Crippen molar-refractivity contribution in [3.63, 3.8) is 0 Å². The van der Waals surface area contributed by atoms with E-state index in [4.69, 9.17) is 6.57 Å². The van der Waals surface area contributed by atoms with Gasteiger partial charge in [0, 0.05) is 6.08 Å². The van der Waals surface area contributed by atoms with Gasteiger partial charge >= 0.3 is 29.9 Å². The topological polar surface area (TPSA) is 41.7 Å². The van der Waals surface area contributed by atoms with E-state index in [1.165, 1.54) is 0 Å². The van der Waals surface area contributed by atoms with Crippen molar-refractivity contribution < 1.29 is 75.8 Å². The average molecular weight is 525 g/mol. The van der Waals surface area contributed by atoms with E-state index in [0.29, 0.717) is 0 Å². The van der Waals surface area contributed by atoms with Gasteiger partial charge in [-0.2, -0.15) is 48.3 Å². The summed E-state index contributed by atoms with van der Waals surface area (Å²) in [4.78, 5) is 13.8. The van der Waals surface area contributed by atoms with Crippen LogP contribution in [0.2, 0.25) is 0 Å². The van der Waals surface area contributed by atoms with Crippen LogP contribution >= 0.6 is 0 Å². The molecule has 1 saturated carbocycles. The van der Waals surface area contributed by atoms with Crippen LogP contribution in [-0.2, 0) is 4.79 Å². The summed E-state index contributed by atoms with van der Waals surface area (Å²) in [6, 6.07) is 0. The molecule has 0 radical (unpaired) electrons. The number of allylic oxidation sites excluding steroid dienone is 1. The van der Waals surface area contributed by atoms with Gasteiger partial charge in [-0.3, -0.25) is 4.79 Å². The molecule has 0 saturated heterocycles. The Labute approximate surface area is 175 Å². The first-order valence-corrected chi connectivity index (χ1v) is 7.79. The molecular formula is C16H2F15NO2. The van der Waals surface area contributed by atoms with Crippen LogP contribution in [0, 0.1) is 35.3 Å². The first kappa shape index (κ1) is 27.1. The molecule has 34 heavy (non-hydrogen) atoms. The zero-order valence-electron chi connectivity index (χ0n) is 15.0. The number of halogens is 15. The van der Waals surface area contributed by atoms with Crippen LogP contribution in [0.25, 0.3) is 10.6 Å². The third-order valence-corrected chi connectivity index (χ3v) is 4.80. The number of hydrogen-bond donors (Lipinski definition) is 1. The van der Waals surface area contributed by atoms with Crippen molar-refractivity contribution >= 4 is 17.2 Å². The van der Waals surface area contributed by atoms with Gasteiger partial charge in [0.05, 0.1) is 12.1 Å². The monoisotopic (exact) mass is 525 g/mol. The Morgan fingerprint density at radius 3 is 1.41 bits per heavy atom. The number of aliphatic hydroxyl groups excluding tert-OH is 1. The second kappa shape index (κ2) is 7.18. The van der Waals surface area contributed by atoms with Crippen LogP contribution < -0.4 is 0 Å². The predicted octanol–water partition coefficient (Wildman–Crippen LogP) is 6.37. The van der Waals surface area contributed by atoms with Crippen molar-refractivity contribution in [1.82, 2.24) is 0 Å². The number of benzene rings is 1. The Morgan fingerprint density at radius 1 is 0.765 bits per heavy atom. The Hall–Kier alpha value is -3.13. The van der Waals surface area contributed by atoms with E-state index < -0.39 is 87.4 Å². The third-order valence-electron chi connectivity index (χ3n) is 4.80. The van der Waals surface area contributed by atoms with Crippen molar-refractivity contribution in [2.45, 2.75) is 29.9 Å². The van der Waals surface area contributed by atoms with Crippen molar-refractivity contribution in [3.8, 4) is 0 Å². The lowest BCUT2D eigenvalue weighted by atomic mass is 9.74. The van der Waals surface area contributed by atoms with Crippen LogP contribution in [-0.4, -0.2) is 40.8 Å². The van der Waals surface area contributed by atoms with Crippen molar-refractivity contribution in [2.75, 3.05) is 0 Å². The second-order valence-corrected chi connectivity index (χ2v) is 6.53. The van der Waals surface area contributed by atoms with Gasteiger partial charge in [0.1, 0.15) is 5.76 Å². The average Bonchev–Trinajstić information content (AvgIpc) is 2.71. The van der Waals surface area contributed by atoms with Crippen LogP contribution in [0.5, 0.6) is 0 Å². The number of carbonyl (C=O) groups excluding carboxylic acids is 1. The summed E-state index contributed by atoms with van der Waals surface area (Å²) in [5, 5.41) is 9.42. The van der Waals surface area contributed by atoms with Crippen LogP contribution in [0.3, 0.4) is 0 Å². The lowest BCUT2D eigenvalue weighted by molar-refractivity contribution is -0.341. The zero-order valence-corrected chi connectivity index (χ0v) is 15.0. The molecule has 1 aliphatic rings. The maximum absolute atomic E-state index is 14.0. The van der Waals surface area contributed by atoms with Crippen molar-refractivity contribution in [3.05, 3.63) is 46.3 Å². The molecule has 18 heteroatoms. The lowest BCUT2D eigenvalue weighted by Crippen LogP contribution is -2.64. The smallest absolute Gasteiger partial charge is 0.414 e. The molecule has 0 heterocycles. The molecule has 2 rings (SSSR count). The number of rotatable bonds is 3. The normalized spacial score (nSPS) is 22.4. The standard InChI is InChI=1S/C16H2F15NO2/c1-32-10-8(19)6(17)5(7(18)9(10)20)3(33)2-4(34)11(16(29,30)31)12(21,22)14(25,26)15(27,28)13(11,23)24/h2,33H/b3-2-. The summed E-state index contributed by atoms with van der Waals surface area (Å²) in [6.07, 6.45) is -9.32. The highest BCUT2D eigenvalue weighted by Crippen LogP contribution is 2.75. The van der Waals surface area contributed by atoms with Gasteiger partial charge in [-0.05, 0) is 0 Å². The minimum Gasteiger partial charge on any atom is -0.507 e. The molecule has 0 aliphatic heterocycles. The summed E-state index contributed by atoms with van der Waals surface area (Å²) < 4.78 is 204. The van der Waals surface area contributed by atoms with Gasteiger partial charge in [0.2, 0.25) is 0 Å². The van der Waals surface area contributed by atoms with E-state index in [2.05, 4.69) is 0 Å². The fraction of sp³-hybridized carbons (Fsp3) is 0.375. The number of nitrogens with zero attached hydrogens (tertiary/aromatic N) is 1. The summed E-state index contributed by atoms with van der Waals surface area (Å²) >= 11 is 0. The summed E-state index contributed by atoms with van der Waals surface area (Å²) in [5.41, 5.74) is -12.1. The quantitative estimate of drug-likeness (QED) is 0.164. The maximum Gasteiger partial charge on any atom is 0.414 e. The molecule has 1 N–H and O–H groups in total. The fourth-order valence-corrected chi connectivity index (χ4v) is 3.12. The van der Waals surface area contributed by atoms with Gasteiger partial charge in [-0.15, -0.1) is 0 Å². The molecular weight excluding hydrogens is 523 g/mol. The third kappa shape index (κ3) is 2.72. The Kier molecular flexibility index (Phi) is 5.73. The van der Waals surface area contributed by atoms with Crippen molar-refractivity contribution in [2.24, 2.45) is 5.41 Å². The van der Waals surface area contributed by atoms with Crippen LogP contribution in [0.4, 0.5) is 71.5 Å².